The van der Waals surface area contributed by atoms with Gasteiger partial charge in [0.25, 0.3) is 0 Å². The van der Waals surface area contributed by atoms with Crippen LogP contribution in [0.3, 0.4) is 0 Å². The number of nitrogens with two attached hydrogens (primary N) is 1. The van der Waals surface area contributed by atoms with Gasteiger partial charge in [-0.25, -0.2) is 0 Å². The molecule has 1 nitrogen and oxygen atoms in total. The largest absolute Gasteiger partial charge is 0.328 e. The topological polar surface area (TPSA) is 26.0 Å². The van der Waals surface area contributed by atoms with E-state index < -0.39 is 0 Å². The van der Waals surface area contributed by atoms with Crippen molar-refractivity contribution >= 4 is 22.6 Å². The van der Waals surface area contributed by atoms with Gasteiger partial charge in [-0.3, -0.25) is 0 Å². The van der Waals surface area contributed by atoms with Crippen molar-refractivity contribution < 1.29 is 0 Å². The van der Waals surface area contributed by atoms with E-state index in [1.807, 2.05) is 6.92 Å². The van der Waals surface area contributed by atoms with E-state index in [1.54, 1.807) is 0 Å². The van der Waals surface area contributed by atoms with Crippen molar-refractivity contribution in [2.75, 3.05) is 0 Å². The molecule has 2 heteroatoms. The predicted octanol–water partition coefficient (Wildman–Crippen LogP) is 2.18. The summed E-state index contributed by atoms with van der Waals surface area (Å²) in [5.41, 5.74) is 6.98. The summed E-state index contributed by atoms with van der Waals surface area (Å²) in [5.74, 6) is 0. The van der Waals surface area contributed by atoms with Gasteiger partial charge in [0.05, 0.1) is 0 Å². The Bertz CT molecular complexity index is 216. The minimum atomic E-state index is 0.259. The van der Waals surface area contributed by atoms with Crippen molar-refractivity contribution in [3.8, 4) is 0 Å². The maximum Gasteiger partial charge on any atom is 0.0130 e. The Morgan fingerprint density at radius 1 is 1.36 bits per heavy atom. The number of halogens is 1. The lowest BCUT2D eigenvalue weighted by molar-refractivity contribution is 0.738. The van der Waals surface area contributed by atoms with Crippen LogP contribution in [0.4, 0.5) is 0 Å². The van der Waals surface area contributed by atoms with Crippen molar-refractivity contribution in [3.63, 3.8) is 0 Å². The van der Waals surface area contributed by atoms with Gasteiger partial charge in [-0.05, 0) is 53.6 Å². The van der Waals surface area contributed by atoms with E-state index in [2.05, 4.69) is 46.9 Å². The Balaban J connectivity index is 2.66. The second-order valence-electron chi connectivity index (χ2n) is 2.81. The van der Waals surface area contributed by atoms with Gasteiger partial charge in [0.15, 0.2) is 0 Å². The van der Waals surface area contributed by atoms with Crippen LogP contribution in [-0.2, 0) is 6.42 Å². The van der Waals surface area contributed by atoms with Crippen LogP contribution in [0.15, 0.2) is 24.3 Å². The van der Waals surface area contributed by atoms with Crippen molar-refractivity contribution in [2.24, 2.45) is 5.73 Å². The first kappa shape index (κ1) is 9.00. The molecule has 0 aliphatic carbocycles. The first-order valence-electron chi connectivity index (χ1n) is 3.68. The molecule has 0 radical (unpaired) electrons. The Labute approximate surface area is 81.1 Å². The summed E-state index contributed by atoms with van der Waals surface area (Å²) in [6, 6.07) is 8.74. The average molecular weight is 259 g/mol. The summed E-state index contributed by atoms with van der Waals surface area (Å²) < 4.78 is 1.27. The first-order valence-corrected chi connectivity index (χ1v) is 4.76. The van der Waals surface area contributed by atoms with E-state index in [-0.39, 0.29) is 6.04 Å². The third-order valence-electron chi connectivity index (χ3n) is 1.47. The summed E-state index contributed by atoms with van der Waals surface area (Å²) in [7, 11) is 0. The molecule has 1 aromatic carbocycles. The van der Waals surface area contributed by atoms with Gasteiger partial charge >= 0.3 is 0 Å². The van der Waals surface area contributed by atoms with Crippen molar-refractivity contribution in [2.45, 2.75) is 19.4 Å². The lowest BCUT2D eigenvalue weighted by Crippen LogP contribution is -2.17. The molecule has 0 aliphatic rings. The standard InChI is InChI=1S/C9H12IN/c1-7(11)6-8-2-4-9(10)5-3-8/h2-5,7H,6,11H2,1H3/t7-/m0/s1/i10-2. The van der Waals surface area contributed by atoms with Gasteiger partial charge in [-0.1, -0.05) is 12.1 Å². The molecule has 0 amide bonds. The summed E-state index contributed by atoms with van der Waals surface area (Å²) >= 11 is 2.30. The first-order chi connectivity index (χ1) is 5.18. The molecule has 0 bridgehead atoms. The van der Waals surface area contributed by atoms with Gasteiger partial charge in [-0.15, -0.1) is 0 Å². The van der Waals surface area contributed by atoms with Crippen molar-refractivity contribution in [3.05, 3.63) is 33.4 Å². The summed E-state index contributed by atoms with van der Waals surface area (Å²) in [6.45, 7) is 2.03. The summed E-state index contributed by atoms with van der Waals surface area (Å²) in [6.07, 6.45) is 0.969. The number of hydrogen-bond donors (Lipinski definition) is 1. The average Bonchev–Trinajstić information content (AvgIpc) is 1.93. The smallest absolute Gasteiger partial charge is 0.0130 e. The second kappa shape index (κ2) is 4.07. The molecule has 1 atom stereocenters. The number of hydrogen-bond acceptors (Lipinski definition) is 1. The molecule has 60 valence electrons. The van der Waals surface area contributed by atoms with Gasteiger partial charge in [0.1, 0.15) is 0 Å². The molecule has 1 aromatic rings. The van der Waals surface area contributed by atoms with E-state index >= 15 is 0 Å². The monoisotopic (exact) mass is 259 g/mol. The zero-order valence-electron chi connectivity index (χ0n) is 6.55. The van der Waals surface area contributed by atoms with Gasteiger partial charge in [0, 0.05) is 9.61 Å². The molecule has 0 saturated carbocycles. The third-order valence-corrected chi connectivity index (χ3v) is 2.19. The molecule has 1 rings (SSSR count). The minimum Gasteiger partial charge on any atom is -0.328 e. The van der Waals surface area contributed by atoms with Gasteiger partial charge in [-0.2, -0.15) is 0 Å². The molecular weight excluding hydrogens is 247 g/mol. The van der Waals surface area contributed by atoms with Crippen LogP contribution in [0.25, 0.3) is 0 Å². The van der Waals surface area contributed by atoms with E-state index in [0.29, 0.717) is 0 Å². The van der Waals surface area contributed by atoms with E-state index in [9.17, 15) is 0 Å². The zero-order valence-corrected chi connectivity index (χ0v) is 8.71. The predicted molar refractivity (Wildman–Crippen MR) is 56.5 cm³/mol. The molecule has 0 heterocycles. The quantitative estimate of drug-likeness (QED) is 0.809. The molecule has 11 heavy (non-hydrogen) atoms. The van der Waals surface area contributed by atoms with Gasteiger partial charge in [0.2, 0.25) is 0 Å². The highest BCUT2D eigenvalue weighted by atomic mass is 125. The van der Waals surface area contributed by atoms with Crippen LogP contribution in [0, 0.1) is 3.57 Å². The molecule has 0 unspecified atom stereocenters. The summed E-state index contributed by atoms with van der Waals surface area (Å²) in [5, 5.41) is 0. The minimum absolute atomic E-state index is 0.259. The normalized spacial score (nSPS) is 13.0. The Morgan fingerprint density at radius 3 is 2.36 bits per heavy atom. The van der Waals surface area contributed by atoms with E-state index in [0.717, 1.165) is 6.42 Å². The second-order valence-corrected chi connectivity index (χ2v) is 4.05. The molecule has 0 spiro atoms. The van der Waals surface area contributed by atoms with Crippen LogP contribution in [0.5, 0.6) is 0 Å². The molecule has 0 aromatic heterocycles. The fourth-order valence-electron chi connectivity index (χ4n) is 0.992. The lowest BCUT2D eigenvalue weighted by Gasteiger charge is -2.03. The molecular formula is C9H12IN. The fourth-order valence-corrected chi connectivity index (χ4v) is 1.35. The summed E-state index contributed by atoms with van der Waals surface area (Å²) in [4.78, 5) is 0. The highest BCUT2D eigenvalue weighted by Crippen LogP contribution is 2.07. The Kier molecular flexibility index (Phi) is 3.33. The fraction of sp³-hybridized carbons (Fsp3) is 0.333. The van der Waals surface area contributed by atoms with Gasteiger partial charge < -0.3 is 5.73 Å². The molecule has 0 aliphatic heterocycles. The Hall–Kier alpha value is -0.0900. The van der Waals surface area contributed by atoms with Crippen LogP contribution >= 0.6 is 22.6 Å². The van der Waals surface area contributed by atoms with Crippen LogP contribution in [0.2, 0.25) is 0 Å². The highest BCUT2D eigenvalue weighted by molar-refractivity contribution is 14.1. The maximum absolute atomic E-state index is 5.66. The molecule has 2 N–H and O–H groups in total. The SMILES string of the molecule is C[C@H](N)Cc1ccc([125I])cc1. The van der Waals surface area contributed by atoms with Crippen LogP contribution < -0.4 is 5.73 Å². The zero-order chi connectivity index (χ0) is 8.27. The van der Waals surface area contributed by atoms with Crippen LogP contribution in [-0.4, -0.2) is 6.04 Å². The maximum atomic E-state index is 5.66. The Morgan fingerprint density at radius 2 is 1.91 bits per heavy atom. The van der Waals surface area contributed by atoms with E-state index in [1.165, 1.54) is 9.13 Å². The van der Waals surface area contributed by atoms with E-state index in [4.69, 9.17) is 5.73 Å². The number of benzene rings is 1. The van der Waals surface area contributed by atoms with Crippen molar-refractivity contribution in [1.82, 2.24) is 0 Å². The highest BCUT2D eigenvalue weighted by Gasteiger charge is 1.96. The lowest BCUT2D eigenvalue weighted by atomic mass is 10.1. The molecule has 0 saturated heterocycles. The molecule has 0 fully saturated rings. The third kappa shape index (κ3) is 3.20. The van der Waals surface area contributed by atoms with Crippen LogP contribution in [0.1, 0.15) is 12.5 Å². The number of rotatable bonds is 2. The van der Waals surface area contributed by atoms with Crippen molar-refractivity contribution in [1.29, 1.82) is 0 Å².